The number of aromatic nitrogens is 2. The van der Waals surface area contributed by atoms with Crippen molar-refractivity contribution in [2.45, 2.75) is 0 Å². The molecule has 0 spiro atoms. The van der Waals surface area contributed by atoms with Crippen LogP contribution in [0.25, 0.3) is 10.6 Å². The fourth-order valence-electron chi connectivity index (χ4n) is 1.62. The van der Waals surface area contributed by atoms with E-state index in [1.807, 2.05) is 29.6 Å². The van der Waals surface area contributed by atoms with Crippen LogP contribution in [0.15, 0.2) is 46.7 Å². The zero-order valence-electron chi connectivity index (χ0n) is 9.74. The van der Waals surface area contributed by atoms with Gasteiger partial charge < -0.3 is 5.32 Å². The van der Waals surface area contributed by atoms with Gasteiger partial charge in [0.15, 0.2) is 0 Å². The second-order valence-electron chi connectivity index (χ2n) is 3.75. The third-order valence-corrected chi connectivity index (χ3v) is 3.87. The fraction of sp³-hybridized carbons (Fsp3) is 0. The first-order chi connectivity index (χ1) is 9.33. The number of anilines is 1. The van der Waals surface area contributed by atoms with Crippen molar-refractivity contribution in [3.05, 3.63) is 52.4 Å². The number of carbonyl (C=O) groups excluding carboxylic acids is 1. The van der Waals surface area contributed by atoms with E-state index in [1.165, 1.54) is 11.3 Å². The van der Waals surface area contributed by atoms with Crippen molar-refractivity contribution < 1.29 is 4.79 Å². The lowest BCUT2D eigenvalue weighted by atomic mass is 10.2. The Morgan fingerprint density at radius 2 is 2.21 bits per heavy atom. The van der Waals surface area contributed by atoms with E-state index in [4.69, 9.17) is 0 Å². The SMILES string of the molecule is O=C(Nc1cccc(-c2nccs2)c1)c1cscn1. The zero-order valence-corrected chi connectivity index (χ0v) is 11.4. The normalized spacial score (nSPS) is 10.3. The number of carbonyl (C=O) groups is 1. The quantitative estimate of drug-likeness (QED) is 0.802. The molecule has 0 aliphatic rings. The Balaban J connectivity index is 1.82. The summed E-state index contributed by atoms with van der Waals surface area (Å²) in [5.41, 5.74) is 3.81. The van der Waals surface area contributed by atoms with Gasteiger partial charge in [0.05, 0.1) is 5.51 Å². The molecule has 6 heteroatoms. The standard InChI is InChI=1S/C13H9N3OS2/c17-12(11-7-18-8-15-11)16-10-3-1-2-9(6-10)13-14-4-5-19-13/h1-8H,(H,16,17). The summed E-state index contributed by atoms with van der Waals surface area (Å²) in [4.78, 5) is 20.1. The summed E-state index contributed by atoms with van der Waals surface area (Å²) in [6.07, 6.45) is 1.76. The first kappa shape index (κ1) is 12.0. The molecule has 3 aromatic rings. The van der Waals surface area contributed by atoms with Crippen LogP contribution < -0.4 is 5.32 Å². The second-order valence-corrected chi connectivity index (χ2v) is 5.36. The zero-order chi connectivity index (χ0) is 13.1. The fourth-order valence-corrected chi connectivity index (χ4v) is 2.78. The lowest BCUT2D eigenvalue weighted by molar-refractivity contribution is 0.102. The third kappa shape index (κ3) is 2.69. The van der Waals surface area contributed by atoms with Gasteiger partial charge in [-0.3, -0.25) is 4.79 Å². The number of nitrogens with zero attached hydrogens (tertiary/aromatic N) is 2. The highest BCUT2D eigenvalue weighted by Crippen LogP contribution is 2.24. The van der Waals surface area contributed by atoms with Crippen molar-refractivity contribution in [2.75, 3.05) is 5.32 Å². The van der Waals surface area contributed by atoms with E-state index in [0.717, 1.165) is 16.3 Å². The number of hydrogen-bond donors (Lipinski definition) is 1. The average molecular weight is 287 g/mol. The lowest BCUT2D eigenvalue weighted by Crippen LogP contribution is -2.11. The number of thiazole rings is 2. The van der Waals surface area contributed by atoms with Crippen LogP contribution >= 0.6 is 22.7 Å². The monoisotopic (exact) mass is 287 g/mol. The van der Waals surface area contributed by atoms with Crippen LogP contribution in [0, 0.1) is 0 Å². The van der Waals surface area contributed by atoms with Crippen molar-refractivity contribution in [3.8, 4) is 10.6 Å². The minimum absolute atomic E-state index is 0.197. The second kappa shape index (κ2) is 5.29. The van der Waals surface area contributed by atoms with Gasteiger partial charge in [0.25, 0.3) is 5.91 Å². The molecule has 0 fully saturated rings. The number of rotatable bonds is 3. The van der Waals surface area contributed by atoms with Crippen molar-refractivity contribution in [2.24, 2.45) is 0 Å². The Kier molecular flexibility index (Phi) is 3.35. The molecule has 0 aliphatic heterocycles. The molecule has 94 valence electrons. The number of benzene rings is 1. The lowest BCUT2D eigenvalue weighted by Gasteiger charge is -2.04. The van der Waals surface area contributed by atoms with E-state index >= 15 is 0 Å². The van der Waals surface area contributed by atoms with Crippen LogP contribution in [0.3, 0.4) is 0 Å². The molecule has 0 aliphatic carbocycles. The molecule has 4 nitrogen and oxygen atoms in total. The molecule has 0 saturated carbocycles. The van der Waals surface area contributed by atoms with Gasteiger partial charge in [0.2, 0.25) is 0 Å². The van der Waals surface area contributed by atoms with Crippen LogP contribution in [-0.2, 0) is 0 Å². The van der Waals surface area contributed by atoms with Crippen LogP contribution in [0.2, 0.25) is 0 Å². The molecule has 1 N–H and O–H groups in total. The summed E-state index contributed by atoms with van der Waals surface area (Å²) in [7, 11) is 0. The predicted molar refractivity (Wildman–Crippen MR) is 77.6 cm³/mol. The molecule has 0 bridgehead atoms. The highest BCUT2D eigenvalue weighted by atomic mass is 32.1. The summed E-state index contributed by atoms with van der Waals surface area (Å²) in [6, 6.07) is 7.62. The van der Waals surface area contributed by atoms with Gasteiger partial charge in [-0.2, -0.15) is 0 Å². The minimum Gasteiger partial charge on any atom is -0.321 e. The molecule has 3 rings (SSSR count). The minimum atomic E-state index is -0.197. The molecular formula is C13H9N3OS2. The molecule has 2 aromatic heterocycles. The van der Waals surface area contributed by atoms with E-state index < -0.39 is 0 Å². The maximum absolute atomic E-state index is 11.9. The van der Waals surface area contributed by atoms with Gasteiger partial charge in [0, 0.05) is 28.2 Å². The van der Waals surface area contributed by atoms with E-state index in [2.05, 4.69) is 15.3 Å². The molecule has 0 saturated heterocycles. The van der Waals surface area contributed by atoms with Gasteiger partial charge in [-0.05, 0) is 12.1 Å². The van der Waals surface area contributed by atoms with Crippen molar-refractivity contribution in [1.29, 1.82) is 0 Å². The number of hydrogen-bond acceptors (Lipinski definition) is 5. The summed E-state index contributed by atoms with van der Waals surface area (Å²) >= 11 is 2.97. The maximum Gasteiger partial charge on any atom is 0.275 e. The van der Waals surface area contributed by atoms with Gasteiger partial charge in [0.1, 0.15) is 10.7 Å². The topological polar surface area (TPSA) is 54.9 Å². The molecule has 0 atom stereocenters. The van der Waals surface area contributed by atoms with Crippen LogP contribution in [0.4, 0.5) is 5.69 Å². The van der Waals surface area contributed by atoms with Crippen molar-refractivity contribution >= 4 is 34.3 Å². The highest BCUT2D eigenvalue weighted by Gasteiger charge is 2.08. The Hall–Kier alpha value is -2.05. The molecule has 1 aromatic carbocycles. The smallest absolute Gasteiger partial charge is 0.275 e. The Labute approximate surface area is 117 Å². The number of nitrogens with one attached hydrogen (secondary N) is 1. The molecule has 1 amide bonds. The Morgan fingerprint density at radius 3 is 2.95 bits per heavy atom. The van der Waals surface area contributed by atoms with Crippen LogP contribution in [0.1, 0.15) is 10.5 Å². The first-order valence-electron chi connectivity index (χ1n) is 5.52. The van der Waals surface area contributed by atoms with Gasteiger partial charge >= 0.3 is 0 Å². The summed E-state index contributed by atoms with van der Waals surface area (Å²) in [5, 5.41) is 7.41. The van der Waals surface area contributed by atoms with Crippen molar-refractivity contribution in [3.63, 3.8) is 0 Å². The number of amides is 1. The molecular weight excluding hydrogens is 278 g/mol. The average Bonchev–Trinajstić information content (AvgIpc) is 3.13. The Morgan fingerprint density at radius 1 is 1.26 bits per heavy atom. The molecule has 0 radical (unpaired) electrons. The molecule has 19 heavy (non-hydrogen) atoms. The summed E-state index contributed by atoms with van der Waals surface area (Å²) in [5.74, 6) is -0.197. The highest BCUT2D eigenvalue weighted by molar-refractivity contribution is 7.13. The summed E-state index contributed by atoms with van der Waals surface area (Å²) < 4.78 is 0. The predicted octanol–water partition coefficient (Wildman–Crippen LogP) is 3.52. The first-order valence-corrected chi connectivity index (χ1v) is 7.34. The summed E-state index contributed by atoms with van der Waals surface area (Å²) in [6.45, 7) is 0. The van der Waals surface area contributed by atoms with E-state index in [0.29, 0.717) is 5.69 Å². The van der Waals surface area contributed by atoms with E-state index in [9.17, 15) is 4.79 Å². The molecule has 0 unspecified atom stereocenters. The van der Waals surface area contributed by atoms with Crippen LogP contribution in [0.5, 0.6) is 0 Å². The van der Waals surface area contributed by atoms with Crippen LogP contribution in [-0.4, -0.2) is 15.9 Å². The van der Waals surface area contributed by atoms with Gasteiger partial charge in [-0.1, -0.05) is 12.1 Å². The maximum atomic E-state index is 11.9. The molecule has 2 heterocycles. The Bertz CT molecular complexity index is 678. The van der Waals surface area contributed by atoms with Gasteiger partial charge in [-0.25, -0.2) is 9.97 Å². The van der Waals surface area contributed by atoms with E-state index in [1.54, 1.807) is 28.4 Å². The van der Waals surface area contributed by atoms with Crippen molar-refractivity contribution in [1.82, 2.24) is 9.97 Å². The largest absolute Gasteiger partial charge is 0.321 e. The third-order valence-electron chi connectivity index (χ3n) is 2.46. The van der Waals surface area contributed by atoms with E-state index in [-0.39, 0.29) is 5.91 Å². The van der Waals surface area contributed by atoms with Gasteiger partial charge in [-0.15, -0.1) is 22.7 Å².